The van der Waals surface area contributed by atoms with Gasteiger partial charge < -0.3 is 4.98 Å². The molecule has 0 unspecified atom stereocenters. The fourth-order valence-electron chi connectivity index (χ4n) is 2.69. The predicted octanol–water partition coefficient (Wildman–Crippen LogP) is 3.88. The molecule has 0 amide bonds. The van der Waals surface area contributed by atoms with Crippen molar-refractivity contribution in [2.45, 2.75) is 13.3 Å². The molecule has 0 saturated heterocycles. The Labute approximate surface area is 130 Å². The number of fused-ring (bicyclic) bond motifs is 1. The van der Waals surface area contributed by atoms with Crippen molar-refractivity contribution in [3.05, 3.63) is 79.5 Å². The molecule has 3 rings (SSSR count). The monoisotopic (exact) mass is 311 g/mol. The van der Waals surface area contributed by atoms with Crippen LogP contribution in [0.15, 0.2) is 42.5 Å². The van der Waals surface area contributed by atoms with E-state index < -0.39 is 9.85 Å². The number of nitro benzene ring substituents is 2. The van der Waals surface area contributed by atoms with E-state index >= 15 is 0 Å². The summed E-state index contributed by atoms with van der Waals surface area (Å²) in [6, 6.07) is 11.5. The van der Waals surface area contributed by atoms with Gasteiger partial charge in [-0.05, 0) is 24.6 Å². The largest absolute Gasteiger partial charge is 0.358 e. The summed E-state index contributed by atoms with van der Waals surface area (Å²) in [6.07, 6.45) is 0.314. The number of benzene rings is 2. The zero-order chi connectivity index (χ0) is 16.6. The highest BCUT2D eigenvalue weighted by atomic mass is 16.6. The van der Waals surface area contributed by atoms with E-state index in [-0.39, 0.29) is 11.4 Å². The third kappa shape index (κ3) is 2.64. The number of nitrogens with zero attached hydrogens (tertiary/aromatic N) is 2. The van der Waals surface area contributed by atoms with Gasteiger partial charge in [-0.2, -0.15) is 0 Å². The molecular weight excluding hydrogens is 298 g/mol. The highest BCUT2D eigenvalue weighted by Gasteiger charge is 2.20. The van der Waals surface area contributed by atoms with Crippen LogP contribution in [0.5, 0.6) is 0 Å². The molecule has 116 valence electrons. The smallest absolute Gasteiger partial charge is 0.279 e. The highest BCUT2D eigenvalue weighted by Crippen LogP contribution is 2.29. The van der Waals surface area contributed by atoms with E-state index in [9.17, 15) is 20.2 Å². The number of H-pyrrole nitrogens is 1. The molecule has 0 aliphatic carbocycles. The summed E-state index contributed by atoms with van der Waals surface area (Å²) in [5, 5.41) is 23.1. The van der Waals surface area contributed by atoms with Gasteiger partial charge in [0.05, 0.1) is 15.9 Å². The number of nitrogens with one attached hydrogen (secondary N) is 1. The second-order valence-corrected chi connectivity index (χ2v) is 5.28. The molecule has 3 aromatic rings. The number of non-ortho nitro benzene ring substituents is 1. The predicted molar refractivity (Wildman–Crippen MR) is 85.6 cm³/mol. The van der Waals surface area contributed by atoms with E-state index in [2.05, 4.69) is 4.98 Å². The first kappa shape index (κ1) is 14.7. The molecule has 0 aliphatic heterocycles. The second kappa shape index (κ2) is 5.53. The lowest BCUT2D eigenvalue weighted by molar-refractivity contribution is -0.394. The van der Waals surface area contributed by atoms with E-state index in [0.717, 1.165) is 28.2 Å². The molecule has 23 heavy (non-hydrogen) atoms. The molecule has 0 fully saturated rings. The number of aromatic nitrogens is 1. The quantitative estimate of drug-likeness (QED) is 0.583. The Balaban J connectivity index is 2.06. The average Bonchev–Trinajstić information content (AvgIpc) is 2.84. The van der Waals surface area contributed by atoms with Gasteiger partial charge in [-0.25, -0.2) is 0 Å². The number of aromatic amines is 1. The molecule has 7 heteroatoms. The van der Waals surface area contributed by atoms with Gasteiger partial charge in [-0.1, -0.05) is 18.2 Å². The standard InChI is InChI=1S/C16H13N3O4/c1-10-13-4-2-3-5-14(13)17-15(10)8-11-6-7-12(18(20)21)9-16(11)19(22)23/h2-7,9,17H,8H2,1H3. The summed E-state index contributed by atoms with van der Waals surface area (Å²) >= 11 is 0. The number of rotatable bonds is 4. The van der Waals surface area contributed by atoms with E-state index in [1.54, 1.807) is 0 Å². The van der Waals surface area contributed by atoms with Crippen LogP contribution in [0.3, 0.4) is 0 Å². The Morgan fingerprint density at radius 2 is 1.78 bits per heavy atom. The second-order valence-electron chi connectivity index (χ2n) is 5.28. The highest BCUT2D eigenvalue weighted by molar-refractivity contribution is 5.84. The molecule has 7 nitrogen and oxygen atoms in total. The molecule has 1 heterocycles. The zero-order valence-electron chi connectivity index (χ0n) is 12.3. The Hall–Kier alpha value is -3.22. The summed E-state index contributed by atoms with van der Waals surface area (Å²) in [7, 11) is 0. The Morgan fingerprint density at radius 1 is 1.04 bits per heavy atom. The minimum absolute atomic E-state index is 0.239. The van der Waals surface area contributed by atoms with Gasteiger partial charge in [-0.3, -0.25) is 20.2 Å². The van der Waals surface area contributed by atoms with Crippen LogP contribution in [-0.2, 0) is 6.42 Å². The van der Waals surface area contributed by atoms with Gasteiger partial charge >= 0.3 is 0 Å². The third-order valence-corrected chi connectivity index (χ3v) is 3.91. The average molecular weight is 311 g/mol. The molecule has 2 aromatic carbocycles. The first-order valence-electron chi connectivity index (χ1n) is 6.95. The van der Waals surface area contributed by atoms with Gasteiger partial charge in [0.15, 0.2) is 0 Å². The number of aryl methyl sites for hydroxylation is 1. The van der Waals surface area contributed by atoms with Crippen LogP contribution in [0.2, 0.25) is 0 Å². The normalized spacial score (nSPS) is 10.8. The van der Waals surface area contributed by atoms with Crippen LogP contribution in [0.4, 0.5) is 11.4 Å². The maximum absolute atomic E-state index is 11.2. The molecule has 0 spiro atoms. The van der Waals surface area contributed by atoms with Crippen molar-refractivity contribution in [3.8, 4) is 0 Å². The van der Waals surface area contributed by atoms with Crippen molar-refractivity contribution in [1.82, 2.24) is 4.98 Å². The van der Waals surface area contributed by atoms with Crippen LogP contribution < -0.4 is 0 Å². The lowest BCUT2D eigenvalue weighted by Crippen LogP contribution is -1.99. The lowest BCUT2D eigenvalue weighted by atomic mass is 10.0. The molecule has 1 N–H and O–H groups in total. The van der Waals surface area contributed by atoms with Crippen molar-refractivity contribution < 1.29 is 9.85 Å². The zero-order valence-corrected chi connectivity index (χ0v) is 12.3. The fourth-order valence-corrected chi connectivity index (χ4v) is 2.69. The molecule has 1 aromatic heterocycles. The summed E-state index contributed by atoms with van der Waals surface area (Å²) in [5.41, 5.74) is 2.77. The lowest BCUT2D eigenvalue weighted by Gasteiger charge is -2.03. The first-order valence-corrected chi connectivity index (χ1v) is 6.95. The Morgan fingerprint density at radius 3 is 2.43 bits per heavy atom. The summed E-state index contributed by atoms with van der Waals surface area (Å²) in [5.74, 6) is 0. The number of para-hydroxylation sites is 1. The van der Waals surface area contributed by atoms with Crippen LogP contribution >= 0.6 is 0 Å². The fraction of sp³-hybridized carbons (Fsp3) is 0.125. The van der Waals surface area contributed by atoms with Gasteiger partial charge in [-0.15, -0.1) is 0 Å². The van der Waals surface area contributed by atoms with E-state index in [0.29, 0.717) is 12.0 Å². The minimum Gasteiger partial charge on any atom is -0.358 e. The van der Waals surface area contributed by atoms with E-state index in [4.69, 9.17) is 0 Å². The van der Waals surface area contributed by atoms with E-state index in [1.807, 2.05) is 31.2 Å². The minimum atomic E-state index is -0.634. The van der Waals surface area contributed by atoms with Crippen molar-refractivity contribution in [2.24, 2.45) is 0 Å². The maximum atomic E-state index is 11.2. The van der Waals surface area contributed by atoms with Crippen LogP contribution in [0, 0.1) is 27.2 Å². The molecule has 0 atom stereocenters. The first-order chi connectivity index (χ1) is 11.0. The summed E-state index contributed by atoms with van der Waals surface area (Å²) in [6.45, 7) is 1.95. The Bertz CT molecular complexity index is 930. The maximum Gasteiger partial charge on any atom is 0.279 e. The van der Waals surface area contributed by atoms with Crippen molar-refractivity contribution in [1.29, 1.82) is 0 Å². The van der Waals surface area contributed by atoms with Crippen molar-refractivity contribution >= 4 is 22.3 Å². The topological polar surface area (TPSA) is 102 Å². The van der Waals surface area contributed by atoms with Gasteiger partial charge in [0.2, 0.25) is 0 Å². The Kier molecular flexibility index (Phi) is 3.53. The number of hydrogen-bond donors (Lipinski definition) is 1. The van der Waals surface area contributed by atoms with Gasteiger partial charge in [0.1, 0.15) is 0 Å². The molecule has 0 radical (unpaired) electrons. The van der Waals surface area contributed by atoms with Crippen LogP contribution in [0.1, 0.15) is 16.8 Å². The van der Waals surface area contributed by atoms with Crippen molar-refractivity contribution in [3.63, 3.8) is 0 Å². The molecule has 0 aliphatic rings. The van der Waals surface area contributed by atoms with Gasteiger partial charge in [0.25, 0.3) is 11.4 Å². The number of nitro groups is 2. The van der Waals surface area contributed by atoms with Crippen molar-refractivity contribution in [2.75, 3.05) is 0 Å². The molecule has 0 bridgehead atoms. The van der Waals surface area contributed by atoms with Crippen LogP contribution in [0.25, 0.3) is 10.9 Å². The SMILES string of the molecule is Cc1c(Cc2ccc([N+](=O)[O-])cc2[N+](=O)[O-])[nH]c2ccccc12. The molecular formula is C16H13N3O4. The van der Waals surface area contributed by atoms with Crippen LogP contribution in [-0.4, -0.2) is 14.8 Å². The molecule has 0 saturated carbocycles. The van der Waals surface area contributed by atoms with E-state index in [1.165, 1.54) is 12.1 Å². The third-order valence-electron chi connectivity index (χ3n) is 3.91. The summed E-state index contributed by atoms with van der Waals surface area (Å²) in [4.78, 5) is 24.1. The van der Waals surface area contributed by atoms with Gasteiger partial charge in [0, 0.05) is 34.6 Å². The number of hydrogen-bond acceptors (Lipinski definition) is 4. The summed E-state index contributed by atoms with van der Waals surface area (Å²) < 4.78 is 0.